The van der Waals surface area contributed by atoms with Gasteiger partial charge in [-0.15, -0.1) is 0 Å². The summed E-state index contributed by atoms with van der Waals surface area (Å²) in [7, 11) is 3.57. The van der Waals surface area contributed by atoms with Crippen LogP contribution in [0.2, 0.25) is 0 Å². The monoisotopic (exact) mass is 169 g/mol. The van der Waals surface area contributed by atoms with Crippen molar-refractivity contribution in [3.8, 4) is 0 Å². The Morgan fingerprint density at radius 2 is 2.50 bits per heavy atom. The molecule has 1 N–H and O–H groups in total. The molecule has 0 aliphatic heterocycles. The summed E-state index contributed by atoms with van der Waals surface area (Å²) in [6.45, 7) is 2.85. The minimum absolute atomic E-state index is 0.214. The third-order valence-corrected chi connectivity index (χ3v) is 1.80. The van der Waals surface area contributed by atoms with Crippen LogP contribution in [0.3, 0.4) is 0 Å². The van der Waals surface area contributed by atoms with Crippen LogP contribution in [0, 0.1) is 0 Å². The molecule has 1 rings (SSSR count). The van der Waals surface area contributed by atoms with Gasteiger partial charge in [-0.25, -0.2) is 4.98 Å². The van der Waals surface area contributed by atoms with E-state index in [1.807, 2.05) is 24.7 Å². The minimum atomic E-state index is 0.214. The molecule has 68 valence electrons. The third kappa shape index (κ3) is 1.98. The molecule has 0 fully saturated rings. The van der Waals surface area contributed by atoms with E-state index in [1.54, 1.807) is 13.3 Å². The van der Waals surface area contributed by atoms with Crippen molar-refractivity contribution in [3.63, 3.8) is 0 Å². The quantitative estimate of drug-likeness (QED) is 0.729. The molecule has 4 heteroatoms. The molecular formula is C8H15N3O. The van der Waals surface area contributed by atoms with Gasteiger partial charge in [0, 0.05) is 26.6 Å². The van der Waals surface area contributed by atoms with Gasteiger partial charge in [0.2, 0.25) is 5.95 Å². The van der Waals surface area contributed by atoms with E-state index in [-0.39, 0.29) is 6.10 Å². The van der Waals surface area contributed by atoms with Crippen molar-refractivity contribution >= 4 is 5.95 Å². The first kappa shape index (κ1) is 9.06. The summed E-state index contributed by atoms with van der Waals surface area (Å²) < 4.78 is 7.17. The van der Waals surface area contributed by atoms with Crippen molar-refractivity contribution in [1.82, 2.24) is 9.55 Å². The van der Waals surface area contributed by atoms with E-state index >= 15 is 0 Å². The summed E-state index contributed by atoms with van der Waals surface area (Å²) in [5.41, 5.74) is 0. The summed E-state index contributed by atoms with van der Waals surface area (Å²) >= 11 is 0. The predicted octanol–water partition coefficient (Wildman–Crippen LogP) is 0.960. The summed E-state index contributed by atoms with van der Waals surface area (Å²) in [5.74, 6) is 0.874. The number of hydrogen-bond donors (Lipinski definition) is 1. The molecule has 0 amide bonds. The van der Waals surface area contributed by atoms with E-state index in [9.17, 15) is 0 Å². The molecule has 1 unspecified atom stereocenters. The second-order valence-corrected chi connectivity index (χ2v) is 2.70. The predicted molar refractivity (Wildman–Crippen MR) is 48.2 cm³/mol. The van der Waals surface area contributed by atoms with Gasteiger partial charge < -0.3 is 14.6 Å². The molecule has 0 aliphatic rings. The molecule has 0 radical (unpaired) electrons. The maximum Gasteiger partial charge on any atom is 0.202 e. The van der Waals surface area contributed by atoms with Gasteiger partial charge in [-0.3, -0.25) is 0 Å². The van der Waals surface area contributed by atoms with Gasteiger partial charge >= 0.3 is 0 Å². The number of rotatable bonds is 4. The first-order valence-electron chi connectivity index (χ1n) is 3.99. The van der Waals surface area contributed by atoms with Crippen molar-refractivity contribution in [2.24, 2.45) is 0 Å². The van der Waals surface area contributed by atoms with Gasteiger partial charge in [0.05, 0.1) is 12.6 Å². The van der Waals surface area contributed by atoms with Crippen molar-refractivity contribution < 1.29 is 4.74 Å². The molecule has 1 atom stereocenters. The van der Waals surface area contributed by atoms with Crippen LogP contribution in [0.15, 0.2) is 12.4 Å². The highest BCUT2D eigenvalue weighted by Crippen LogP contribution is 2.04. The Morgan fingerprint density at radius 3 is 3.08 bits per heavy atom. The van der Waals surface area contributed by atoms with Crippen LogP contribution < -0.4 is 5.32 Å². The van der Waals surface area contributed by atoms with E-state index in [2.05, 4.69) is 10.3 Å². The Bertz CT molecular complexity index is 234. The van der Waals surface area contributed by atoms with E-state index in [1.165, 1.54) is 0 Å². The fourth-order valence-corrected chi connectivity index (χ4v) is 1.04. The lowest BCUT2D eigenvalue weighted by Crippen LogP contribution is -2.15. The average molecular weight is 169 g/mol. The van der Waals surface area contributed by atoms with Crippen molar-refractivity contribution in [1.29, 1.82) is 0 Å². The molecule has 0 bridgehead atoms. The number of anilines is 1. The Balaban J connectivity index is 2.61. The van der Waals surface area contributed by atoms with Crippen molar-refractivity contribution in [2.75, 3.05) is 19.5 Å². The van der Waals surface area contributed by atoms with Gasteiger partial charge in [0.15, 0.2) is 0 Å². The molecule has 1 aromatic rings. The summed E-state index contributed by atoms with van der Waals surface area (Å²) in [6.07, 6.45) is 3.92. The standard InChI is InChI=1S/C8H15N3O/c1-7(12-3)6-11-5-4-10-8(11)9-2/h4-5,7H,6H2,1-3H3,(H,9,10). The van der Waals surface area contributed by atoms with E-state index in [0.29, 0.717) is 0 Å². The maximum atomic E-state index is 5.15. The van der Waals surface area contributed by atoms with E-state index in [0.717, 1.165) is 12.5 Å². The zero-order valence-electron chi connectivity index (χ0n) is 7.74. The number of nitrogens with one attached hydrogen (secondary N) is 1. The molecule has 0 spiro atoms. The molecule has 12 heavy (non-hydrogen) atoms. The smallest absolute Gasteiger partial charge is 0.202 e. The number of hydrogen-bond acceptors (Lipinski definition) is 3. The number of methoxy groups -OCH3 is 1. The van der Waals surface area contributed by atoms with Crippen molar-refractivity contribution in [3.05, 3.63) is 12.4 Å². The number of imidazole rings is 1. The lowest BCUT2D eigenvalue weighted by Gasteiger charge is -2.11. The van der Waals surface area contributed by atoms with Crippen LogP contribution in [0.5, 0.6) is 0 Å². The molecule has 0 aliphatic carbocycles. The highest BCUT2D eigenvalue weighted by Gasteiger charge is 2.04. The molecule has 1 aromatic heterocycles. The SMILES string of the molecule is CNc1nccn1CC(C)OC. The third-order valence-electron chi connectivity index (χ3n) is 1.80. The summed E-state index contributed by atoms with van der Waals surface area (Å²) in [5, 5.41) is 3.00. The Kier molecular flexibility index (Phi) is 3.10. The normalized spacial score (nSPS) is 12.9. The van der Waals surface area contributed by atoms with Gasteiger partial charge in [-0.1, -0.05) is 0 Å². The average Bonchev–Trinajstić information content (AvgIpc) is 2.51. The van der Waals surface area contributed by atoms with Gasteiger partial charge in [-0.2, -0.15) is 0 Å². The second-order valence-electron chi connectivity index (χ2n) is 2.70. The molecule has 4 nitrogen and oxygen atoms in total. The van der Waals surface area contributed by atoms with Gasteiger partial charge in [-0.05, 0) is 6.92 Å². The first-order valence-corrected chi connectivity index (χ1v) is 3.99. The fourth-order valence-electron chi connectivity index (χ4n) is 1.04. The molecule has 0 saturated carbocycles. The zero-order valence-corrected chi connectivity index (χ0v) is 7.74. The van der Waals surface area contributed by atoms with Crippen LogP contribution >= 0.6 is 0 Å². The zero-order chi connectivity index (χ0) is 8.97. The van der Waals surface area contributed by atoms with E-state index < -0.39 is 0 Å². The molecule has 1 heterocycles. The highest BCUT2D eigenvalue weighted by molar-refractivity contribution is 5.24. The first-order chi connectivity index (χ1) is 5.77. The lowest BCUT2D eigenvalue weighted by atomic mass is 10.4. The van der Waals surface area contributed by atoms with Gasteiger partial charge in [0.1, 0.15) is 0 Å². The lowest BCUT2D eigenvalue weighted by molar-refractivity contribution is 0.104. The summed E-state index contributed by atoms with van der Waals surface area (Å²) in [6, 6.07) is 0. The Labute approximate surface area is 72.6 Å². The van der Waals surface area contributed by atoms with Crippen LogP contribution in [-0.4, -0.2) is 29.8 Å². The number of ether oxygens (including phenoxy) is 1. The van der Waals surface area contributed by atoms with Crippen LogP contribution in [0.1, 0.15) is 6.92 Å². The molecule has 0 aromatic carbocycles. The number of aromatic nitrogens is 2. The summed E-state index contributed by atoms with van der Waals surface area (Å²) in [4.78, 5) is 4.12. The second kappa shape index (κ2) is 4.11. The largest absolute Gasteiger partial charge is 0.380 e. The van der Waals surface area contributed by atoms with Crippen LogP contribution in [-0.2, 0) is 11.3 Å². The maximum absolute atomic E-state index is 5.15. The van der Waals surface area contributed by atoms with Crippen molar-refractivity contribution in [2.45, 2.75) is 19.6 Å². The molecular weight excluding hydrogens is 154 g/mol. The van der Waals surface area contributed by atoms with E-state index in [4.69, 9.17) is 4.74 Å². The number of nitrogens with zero attached hydrogens (tertiary/aromatic N) is 2. The minimum Gasteiger partial charge on any atom is -0.380 e. The Morgan fingerprint density at radius 1 is 1.75 bits per heavy atom. The van der Waals surface area contributed by atoms with Gasteiger partial charge in [0.25, 0.3) is 0 Å². The molecule has 0 saturated heterocycles. The highest BCUT2D eigenvalue weighted by atomic mass is 16.5. The van der Waals surface area contributed by atoms with Crippen LogP contribution in [0.25, 0.3) is 0 Å². The fraction of sp³-hybridized carbons (Fsp3) is 0.625. The van der Waals surface area contributed by atoms with Crippen LogP contribution in [0.4, 0.5) is 5.95 Å². The Hall–Kier alpha value is -1.03. The topological polar surface area (TPSA) is 39.1 Å².